The van der Waals surface area contributed by atoms with Crippen molar-refractivity contribution in [2.75, 3.05) is 7.05 Å². The van der Waals surface area contributed by atoms with Crippen molar-refractivity contribution in [2.24, 2.45) is 11.5 Å². The number of quaternary nitrogens is 1. The second-order valence-corrected chi connectivity index (χ2v) is 4.39. The number of nitrogens with one attached hydrogen (secondary N) is 1. The quantitative estimate of drug-likeness (QED) is 0.363. The molecular weight excluding hydrogens is 258 g/mol. The molecule has 1 aromatic rings. The van der Waals surface area contributed by atoms with E-state index in [4.69, 9.17) is 11.5 Å². The van der Waals surface area contributed by atoms with Crippen molar-refractivity contribution in [3.63, 3.8) is 0 Å². The number of aryl methyl sites for hydroxylation is 1. The highest BCUT2D eigenvalue weighted by molar-refractivity contribution is 5.91. The number of rotatable bonds is 7. The van der Waals surface area contributed by atoms with Gasteiger partial charge in [0, 0.05) is 25.4 Å². The van der Waals surface area contributed by atoms with E-state index in [2.05, 4.69) is 21.4 Å². The highest BCUT2D eigenvalue weighted by Gasteiger charge is 2.07. The zero-order valence-electron chi connectivity index (χ0n) is 11.7. The fourth-order valence-electron chi connectivity index (χ4n) is 1.54. The minimum Gasteiger partial charge on any atom is -0.402 e. The lowest BCUT2D eigenvalue weighted by Crippen LogP contribution is -2.51. The van der Waals surface area contributed by atoms with Crippen LogP contribution in [0.3, 0.4) is 0 Å². The zero-order valence-corrected chi connectivity index (χ0v) is 11.7. The Morgan fingerprint density at radius 2 is 2.20 bits per heavy atom. The van der Waals surface area contributed by atoms with Gasteiger partial charge in [0.1, 0.15) is 0 Å². The van der Waals surface area contributed by atoms with Crippen molar-refractivity contribution >= 4 is 5.91 Å². The number of hydrogen-bond acceptors (Lipinski definition) is 5. The van der Waals surface area contributed by atoms with Crippen LogP contribution in [0.5, 0.6) is 0 Å². The fraction of sp³-hybridized carbons (Fsp3) is 0.417. The maximum Gasteiger partial charge on any atom is 0.273 e. The third kappa shape index (κ3) is 5.53. The fourth-order valence-corrected chi connectivity index (χ4v) is 1.54. The normalized spacial score (nSPS) is 12.5. The Morgan fingerprint density at radius 1 is 1.45 bits per heavy atom. The van der Waals surface area contributed by atoms with E-state index in [1.807, 2.05) is 0 Å². The van der Waals surface area contributed by atoms with Gasteiger partial charge in [-0.25, -0.2) is 0 Å². The van der Waals surface area contributed by atoms with E-state index >= 15 is 0 Å². The third-order valence-electron chi connectivity index (χ3n) is 2.61. The lowest BCUT2D eigenvalue weighted by molar-refractivity contribution is -0.304. The Hall–Kier alpha value is -2.35. The van der Waals surface area contributed by atoms with Gasteiger partial charge < -0.3 is 22.5 Å². The van der Waals surface area contributed by atoms with E-state index in [1.165, 1.54) is 0 Å². The van der Waals surface area contributed by atoms with Crippen molar-refractivity contribution in [3.05, 3.63) is 35.6 Å². The molecule has 1 heterocycles. The predicted molar refractivity (Wildman–Crippen MR) is 74.7 cm³/mol. The topological polar surface area (TPSA) is 139 Å². The Balaban J connectivity index is 2.31. The molecule has 0 aliphatic rings. The summed E-state index contributed by atoms with van der Waals surface area (Å²) in [6.45, 7) is 0.699. The summed E-state index contributed by atoms with van der Waals surface area (Å²) in [5.74, 6) is 0.248. The number of carbonyl (C=O) groups is 1. The maximum atomic E-state index is 11.3. The van der Waals surface area contributed by atoms with Gasteiger partial charge in [-0.3, -0.25) is 9.48 Å². The molecule has 8 nitrogen and oxygen atoms in total. The molecule has 8 N–H and O–H groups in total. The molecule has 0 unspecified atom stereocenters. The number of aromatic nitrogens is 3. The van der Waals surface area contributed by atoms with Crippen LogP contribution in [0.1, 0.15) is 29.8 Å². The highest BCUT2D eigenvalue weighted by Crippen LogP contribution is 2.04. The van der Waals surface area contributed by atoms with Crippen molar-refractivity contribution in [1.82, 2.24) is 20.3 Å². The van der Waals surface area contributed by atoms with E-state index in [1.54, 1.807) is 30.1 Å². The molecule has 0 atom stereocenters. The van der Waals surface area contributed by atoms with Crippen LogP contribution in [0.25, 0.3) is 0 Å². The molecule has 0 fully saturated rings. The van der Waals surface area contributed by atoms with Gasteiger partial charge in [0.2, 0.25) is 0 Å². The summed E-state index contributed by atoms with van der Waals surface area (Å²) in [5.41, 5.74) is 15.9. The number of nitrogens with zero attached hydrogens (tertiary/aromatic N) is 3. The van der Waals surface area contributed by atoms with Crippen LogP contribution in [0, 0.1) is 0 Å². The first-order valence-electron chi connectivity index (χ1n) is 6.39. The summed E-state index contributed by atoms with van der Waals surface area (Å²) in [6, 6.07) is 0. The molecule has 0 saturated carbocycles. The number of carbonyl (C=O) groups excluding carboxylic acids is 1. The third-order valence-corrected chi connectivity index (χ3v) is 2.61. The Bertz CT molecular complexity index is 500. The molecule has 20 heavy (non-hydrogen) atoms. The molecule has 0 radical (unpaired) electrons. The number of unbranched alkanes of at least 4 members (excludes halogenated alkanes) is 1. The molecule has 0 saturated heterocycles. The van der Waals surface area contributed by atoms with Gasteiger partial charge in [-0.15, -0.1) is 5.10 Å². The summed E-state index contributed by atoms with van der Waals surface area (Å²) in [4.78, 5) is 11.3. The van der Waals surface area contributed by atoms with Gasteiger partial charge in [0.05, 0.1) is 6.20 Å². The van der Waals surface area contributed by atoms with Crippen LogP contribution < -0.4 is 22.5 Å². The zero-order chi connectivity index (χ0) is 15.0. The average Bonchev–Trinajstić information content (AvgIpc) is 2.89. The number of nitrogens with two attached hydrogens (primary N) is 2. The standard InChI is InChI=1S/C12H21N7O/c1-16-12(20)10-8-19(18-17-10)7-3-2-4-9(13)5-6-11(14)15/h5-6,8H,2-4,7,13-15H2,1H3,(H,16,20)/p+1. The average molecular weight is 280 g/mol. The van der Waals surface area contributed by atoms with Crippen molar-refractivity contribution in [2.45, 2.75) is 25.8 Å². The smallest absolute Gasteiger partial charge is 0.273 e. The van der Waals surface area contributed by atoms with Crippen LogP contribution in [-0.2, 0) is 6.54 Å². The van der Waals surface area contributed by atoms with Crippen LogP contribution in [0.2, 0.25) is 0 Å². The summed E-state index contributed by atoms with van der Waals surface area (Å²) in [7, 11) is 1.56. The molecule has 1 amide bonds. The Labute approximate surface area is 117 Å². The molecule has 0 aliphatic carbocycles. The largest absolute Gasteiger partial charge is 0.402 e. The van der Waals surface area contributed by atoms with E-state index in [9.17, 15) is 4.79 Å². The van der Waals surface area contributed by atoms with Gasteiger partial charge in [-0.1, -0.05) is 5.21 Å². The van der Waals surface area contributed by atoms with Crippen LogP contribution in [0.15, 0.2) is 29.9 Å². The van der Waals surface area contributed by atoms with Crippen molar-refractivity contribution in [1.29, 1.82) is 0 Å². The minimum atomic E-state index is -0.235. The first kappa shape index (κ1) is 15.7. The first-order valence-corrected chi connectivity index (χ1v) is 6.39. The van der Waals surface area contributed by atoms with Crippen LogP contribution in [0.4, 0.5) is 0 Å². The molecule has 1 aromatic heterocycles. The summed E-state index contributed by atoms with van der Waals surface area (Å²) in [6.07, 6.45) is 7.67. The summed E-state index contributed by atoms with van der Waals surface area (Å²) < 4.78 is 1.65. The molecule has 0 spiro atoms. The number of hydrogen-bond donors (Lipinski definition) is 4. The highest BCUT2D eigenvalue weighted by atomic mass is 16.1. The van der Waals surface area contributed by atoms with E-state index < -0.39 is 0 Å². The lowest BCUT2D eigenvalue weighted by Gasteiger charge is -2.01. The number of allylic oxidation sites excluding steroid dienone is 3. The number of amides is 1. The van der Waals surface area contributed by atoms with Crippen LogP contribution >= 0.6 is 0 Å². The predicted octanol–water partition coefficient (Wildman–Crippen LogP) is -1.31. The molecule has 110 valence electrons. The Morgan fingerprint density at radius 3 is 2.85 bits per heavy atom. The minimum absolute atomic E-state index is 0.235. The first-order chi connectivity index (χ1) is 9.52. The monoisotopic (exact) mass is 280 g/mol. The maximum absolute atomic E-state index is 11.3. The van der Waals surface area contributed by atoms with Gasteiger partial charge in [0.25, 0.3) is 5.91 Å². The SMILES string of the molecule is CNC(=O)c1cn(CCCCC(N)=CC=C(N)[NH3+])nn1. The van der Waals surface area contributed by atoms with Gasteiger partial charge in [-0.2, -0.15) is 0 Å². The molecule has 0 bridgehead atoms. The molecule has 8 heteroatoms. The molecule has 0 aliphatic heterocycles. The van der Waals surface area contributed by atoms with E-state index in [-0.39, 0.29) is 5.91 Å². The second-order valence-electron chi connectivity index (χ2n) is 4.39. The van der Waals surface area contributed by atoms with Gasteiger partial charge in [0.15, 0.2) is 11.5 Å². The van der Waals surface area contributed by atoms with E-state index in [0.717, 1.165) is 25.0 Å². The summed E-state index contributed by atoms with van der Waals surface area (Å²) >= 11 is 0. The lowest BCUT2D eigenvalue weighted by atomic mass is 10.2. The molecular formula is C12H22N7O+. The van der Waals surface area contributed by atoms with Crippen molar-refractivity contribution < 1.29 is 10.5 Å². The van der Waals surface area contributed by atoms with Crippen LogP contribution in [-0.4, -0.2) is 27.9 Å². The second kappa shape index (κ2) is 7.95. The van der Waals surface area contributed by atoms with Gasteiger partial charge in [-0.05, 0) is 25.3 Å². The Kier molecular flexibility index (Phi) is 6.24. The van der Waals surface area contributed by atoms with Crippen molar-refractivity contribution in [3.8, 4) is 0 Å². The summed E-state index contributed by atoms with van der Waals surface area (Å²) in [5, 5.41) is 10.2. The molecule has 0 aromatic carbocycles. The van der Waals surface area contributed by atoms with Gasteiger partial charge >= 0.3 is 0 Å². The molecule has 1 rings (SSSR count). The van der Waals surface area contributed by atoms with E-state index in [0.29, 0.717) is 18.1 Å².